The van der Waals surface area contributed by atoms with Crippen LogP contribution in [0.5, 0.6) is 0 Å². The Morgan fingerprint density at radius 3 is 2.22 bits per heavy atom. The maximum atomic E-state index is 13.3. The van der Waals surface area contributed by atoms with E-state index in [1.165, 1.54) is 0 Å². The van der Waals surface area contributed by atoms with Crippen molar-refractivity contribution in [3.05, 3.63) is 120 Å². The molecule has 156 valence electrons. The second kappa shape index (κ2) is 8.95. The molecule has 7 heteroatoms. The van der Waals surface area contributed by atoms with Crippen LogP contribution in [0, 0.1) is 0 Å². The van der Waals surface area contributed by atoms with Crippen LogP contribution in [0.1, 0.15) is 27.8 Å². The zero-order valence-electron chi connectivity index (χ0n) is 17.0. The highest BCUT2D eigenvalue weighted by Crippen LogP contribution is 2.26. The summed E-state index contributed by atoms with van der Waals surface area (Å²) in [5.74, 6) is 0.409. The third-order valence-corrected chi connectivity index (χ3v) is 5.87. The second-order valence-electron chi connectivity index (χ2n) is 7.08. The molecule has 5 aromatic rings. The molecule has 0 spiro atoms. The predicted molar refractivity (Wildman–Crippen MR) is 125 cm³/mol. The molecule has 5 rings (SSSR count). The lowest BCUT2D eigenvalue weighted by molar-refractivity contribution is 0.0932. The molecular weight excluding hydrogens is 418 g/mol. The molecule has 1 atom stereocenters. The number of thiophene rings is 1. The van der Waals surface area contributed by atoms with Gasteiger partial charge in [0.25, 0.3) is 5.91 Å². The Balaban J connectivity index is 1.52. The lowest BCUT2D eigenvalue weighted by Crippen LogP contribution is -2.30. The van der Waals surface area contributed by atoms with Gasteiger partial charge in [0.1, 0.15) is 0 Å². The van der Waals surface area contributed by atoms with Crippen molar-refractivity contribution < 1.29 is 4.79 Å². The largest absolute Gasteiger partial charge is 0.338 e. The van der Waals surface area contributed by atoms with Crippen LogP contribution < -0.4 is 5.32 Å². The molecule has 1 unspecified atom stereocenters. The van der Waals surface area contributed by atoms with E-state index in [0.717, 1.165) is 21.7 Å². The van der Waals surface area contributed by atoms with E-state index in [9.17, 15) is 4.79 Å². The van der Waals surface area contributed by atoms with Crippen molar-refractivity contribution in [2.24, 2.45) is 0 Å². The van der Waals surface area contributed by atoms with Gasteiger partial charge in [0.05, 0.1) is 16.6 Å². The Labute approximate surface area is 189 Å². The van der Waals surface area contributed by atoms with Crippen LogP contribution in [0.25, 0.3) is 16.4 Å². The number of amides is 1. The maximum absolute atomic E-state index is 13.3. The average molecular weight is 438 g/mol. The summed E-state index contributed by atoms with van der Waals surface area (Å²) in [6, 6.07) is 26.9. The van der Waals surface area contributed by atoms with E-state index in [1.54, 1.807) is 28.4 Å². The van der Waals surface area contributed by atoms with E-state index in [4.69, 9.17) is 0 Å². The lowest BCUT2D eigenvalue weighted by atomic mass is 9.99. The first kappa shape index (κ1) is 19.8. The molecule has 0 saturated carbocycles. The van der Waals surface area contributed by atoms with Crippen LogP contribution in [-0.4, -0.2) is 25.7 Å². The fourth-order valence-corrected chi connectivity index (χ4v) is 4.18. The number of hydrogen-bond donors (Lipinski definition) is 1. The number of benzene rings is 2. The highest BCUT2D eigenvalue weighted by molar-refractivity contribution is 7.13. The van der Waals surface area contributed by atoms with Crippen molar-refractivity contribution in [2.75, 3.05) is 0 Å². The number of rotatable bonds is 6. The SMILES string of the molecule is O=C(NC(c1ccccc1)c1ccncc1)c1nc(-c2cccs2)n(-c2ccccc2)n1. The topological polar surface area (TPSA) is 72.7 Å². The second-order valence-corrected chi connectivity index (χ2v) is 8.03. The highest BCUT2D eigenvalue weighted by atomic mass is 32.1. The van der Waals surface area contributed by atoms with Crippen molar-refractivity contribution in [3.8, 4) is 16.4 Å². The van der Waals surface area contributed by atoms with Crippen LogP contribution >= 0.6 is 11.3 Å². The molecule has 0 aliphatic rings. The Bertz CT molecular complexity index is 1260. The minimum atomic E-state index is -0.347. The fraction of sp³-hybridized carbons (Fsp3) is 0.0400. The smallest absolute Gasteiger partial charge is 0.291 e. The van der Waals surface area contributed by atoms with Crippen molar-refractivity contribution in [2.45, 2.75) is 6.04 Å². The number of hydrogen-bond acceptors (Lipinski definition) is 5. The zero-order valence-corrected chi connectivity index (χ0v) is 17.8. The van der Waals surface area contributed by atoms with Gasteiger partial charge >= 0.3 is 0 Å². The Morgan fingerprint density at radius 1 is 0.844 bits per heavy atom. The summed E-state index contributed by atoms with van der Waals surface area (Å²) in [5.41, 5.74) is 2.74. The van der Waals surface area contributed by atoms with Crippen molar-refractivity contribution in [1.29, 1.82) is 0 Å². The van der Waals surface area contributed by atoms with Crippen LogP contribution in [0.2, 0.25) is 0 Å². The van der Waals surface area contributed by atoms with Gasteiger partial charge in [0.15, 0.2) is 5.82 Å². The molecule has 0 saturated heterocycles. The van der Waals surface area contributed by atoms with Gasteiger partial charge in [0, 0.05) is 12.4 Å². The fourth-order valence-electron chi connectivity index (χ4n) is 3.48. The van der Waals surface area contributed by atoms with Crippen molar-refractivity contribution in [3.63, 3.8) is 0 Å². The number of carbonyl (C=O) groups is 1. The van der Waals surface area contributed by atoms with E-state index < -0.39 is 0 Å². The van der Waals surface area contributed by atoms with Gasteiger partial charge in [0.2, 0.25) is 5.82 Å². The molecule has 3 aromatic heterocycles. The summed E-state index contributed by atoms with van der Waals surface area (Å²) in [7, 11) is 0. The minimum Gasteiger partial charge on any atom is -0.338 e. The van der Waals surface area contributed by atoms with Gasteiger partial charge in [-0.1, -0.05) is 54.6 Å². The number of nitrogens with one attached hydrogen (secondary N) is 1. The highest BCUT2D eigenvalue weighted by Gasteiger charge is 2.23. The zero-order chi connectivity index (χ0) is 21.8. The molecule has 0 aliphatic carbocycles. The quantitative estimate of drug-likeness (QED) is 0.410. The number of aromatic nitrogens is 4. The van der Waals surface area contributed by atoms with Crippen LogP contribution in [0.4, 0.5) is 0 Å². The predicted octanol–water partition coefficient (Wildman–Crippen LogP) is 4.91. The molecule has 1 N–H and O–H groups in total. The summed E-state index contributed by atoms with van der Waals surface area (Å²) in [6.45, 7) is 0. The molecule has 3 heterocycles. The third kappa shape index (κ3) is 4.06. The van der Waals surface area contributed by atoms with Gasteiger partial charge < -0.3 is 5.32 Å². The van der Waals surface area contributed by atoms with Gasteiger partial charge in [-0.2, -0.15) is 0 Å². The Morgan fingerprint density at radius 2 is 1.53 bits per heavy atom. The van der Waals surface area contributed by atoms with Crippen molar-refractivity contribution in [1.82, 2.24) is 25.1 Å². The first-order valence-corrected chi connectivity index (χ1v) is 11.0. The molecule has 2 aromatic carbocycles. The average Bonchev–Trinajstić information content (AvgIpc) is 3.54. The van der Waals surface area contributed by atoms with E-state index >= 15 is 0 Å². The van der Waals surface area contributed by atoms with Gasteiger partial charge in [-0.05, 0) is 46.8 Å². The Hall–Kier alpha value is -4.10. The first-order valence-electron chi connectivity index (χ1n) is 10.1. The molecular formula is C25H19N5OS. The molecule has 6 nitrogen and oxygen atoms in total. The summed E-state index contributed by atoms with van der Waals surface area (Å²) in [5, 5.41) is 9.65. The van der Waals surface area contributed by atoms with E-state index in [2.05, 4.69) is 20.4 Å². The standard InChI is InChI=1S/C25H19N5OS/c31-25(27-22(18-8-3-1-4-9-18)19-13-15-26-16-14-19)23-28-24(21-12-7-17-32-21)30(29-23)20-10-5-2-6-11-20/h1-17,22H,(H,27,31). The molecule has 0 aliphatic heterocycles. The molecule has 0 fully saturated rings. The van der Waals surface area contributed by atoms with Crippen LogP contribution in [0.3, 0.4) is 0 Å². The summed E-state index contributed by atoms with van der Waals surface area (Å²) in [4.78, 5) is 22.9. The molecule has 0 bridgehead atoms. The number of pyridine rings is 1. The van der Waals surface area contributed by atoms with Crippen LogP contribution in [-0.2, 0) is 0 Å². The number of carbonyl (C=O) groups excluding carboxylic acids is 1. The van der Waals surface area contributed by atoms with E-state index in [0.29, 0.717) is 5.82 Å². The lowest BCUT2D eigenvalue weighted by Gasteiger charge is -2.18. The van der Waals surface area contributed by atoms with Crippen molar-refractivity contribution >= 4 is 17.2 Å². The number of para-hydroxylation sites is 1. The Kier molecular flexibility index (Phi) is 5.55. The minimum absolute atomic E-state index is 0.118. The first-order chi connectivity index (χ1) is 15.8. The van der Waals surface area contributed by atoms with Crippen LogP contribution in [0.15, 0.2) is 103 Å². The third-order valence-electron chi connectivity index (χ3n) is 5.00. The maximum Gasteiger partial charge on any atom is 0.291 e. The molecule has 0 radical (unpaired) electrons. The van der Waals surface area contributed by atoms with E-state index in [1.807, 2.05) is 90.3 Å². The molecule has 32 heavy (non-hydrogen) atoms. The van der Waals surface area contributed by atoms with E-state index in [-0.39, 0.29) is 17.8 Å². The monoisotopic (exact) mass is 437 g/mol. The molecule has 1 amide bonds. The normalized spacial score (nSPS) is 11.8. The van der Waals surface area contributed by atoms with Gasteiger partial charge in [-0.3, -0.25) is 9.78 Å². The number of nitrogens with zero attached hydrogens (tertiary/aromatic N) is 4. The van der Waals surface area contributed by atoms with Gasteiger partial charge in [-0.15, -0.1) is 16.4 Å². The summed E-state index contributed by atoms with van der Waals surface area (Å²) >= 11 is 1.56. The summed E-state index contributed by atoms with van der Waals surface area (Å²) < 4.78 is 1.71. The summed E-state index contributed by atoms with van der Waals surface area (Å²) in [6.07, 6.45) is 3.43. The van der Waals surface area contributed by atoms with Gasteiger partial charge in [-0.25, -0.2) is 9.67 Å².